The molecule has 198 valence electrons. The molecule has 5 aromatic rings. The zero-order valence-electron chi connectivity index (χ0n) is 21.7. The Balaban J connectivity index is 1.29. The Kier molecular flexibility index (Phi) is 6.05. The standard InChI is InChI=1S/C30H29N5O3S/c1-38-23-9-5-8-21-20(23)11-10-19-16-33-22(24(19)21)12-15-34-29(36)27-26(25-28(39-27)32-14-13-31-25)35(30(34)37)17-18-6-3-2-4-7-18/h2-9,13-14,19,22,24,33H,10-12,15-17H2,1H3/t19-,22?,24+/m0/s1. The molecular formula is C30H29N5O3S. The summed E-state index contributed by atoms with van der Waals surface area (Å²) in [4.78, 5) is 37.3. The van der Waals surface area contributed by atoms with Crippen LogP contribution in [0.25, 0.3) is 20.6 Å². The largest absolute Gasteiger partial charge is 0.496 e. The third kappa shape index (κ3) is 3.99. The fourth-order valence-corrected chi connectivity index (χ4v) is 7.70. The van der Waals surface area contributed by atoms with Crippen molar-refractivity contribution in [3.8, 4) is 5.75 Å². The highest BCUT2D eigenvalue weighted by Gasteiger charge is 2.40. The number of methoxy groups -OCH3 is 1. The molecule has 7 rings (SSSR count). The maximum atomic E-state index is 14.0. The molecule has 2 aromatic carbocycles. The monoisotopic (exact) mass is 539 g/mol. The van der Waals surface area contributed by atoms with E-state index in [1.165, 1.54) is 27.0 Å². The minimum absolute atomic E-state index is 0.177. The quantitative estimate of drug-likeness (QED) is 0.352. The Hall–Kier alpha value is -3.82. The Bertz CT molecular complexity index is 1810. The van der Waals surface area contributed by atoms with Gasteiger partial charge in [0.05, 0.1) is 19.2 Å². The topological polar surface area (TPSA) is 91.0 Å². The fourth-order valence-electron chi connectivity index (χ4n) is 6.64. The first-order chi connectivity index (χ1) is 19.1. The van der Waals surface area contributed by atoms with Crippen LogP contribution in [0.4, 0.5) is 0 Å². The van der Waals surface area contributed by atoms with Gasteiger partial charge < -0.3 is 10.1 Å². The van der Waals surface area contributed by atoms with Crippen molar-refractivity contribution in [1.82, 2.24) is 24.4 Å². The molecule has 0 radical (unpaired) electrons. The van der Waals surface area contributed by atoms with E-state index in [9.17, 15) is 9.59 Å². The number of fused-ring (bicyclic) bond motifs is 6. The van der Waals surface area contributed by atoms with E-state index in [0.29, 0.717) is 51.9 Å². The number of ether oxygens (including phenoxy) is 1. The predicted octanol–water partition coefficient (Wildman–Crippen LogP) is 3.93. The number of hydrogen-bond acceptors (Lipinski definition) is 7. The van der Waals surface area contributed by atoms with Gasteiger partial charge in [0, 0.05) is 30.9 Å². The van der Waals surface area contributed by atoms with E-state index in [1.807, 2.05) is 36.4 Å². The van der Waals surface area contributed by atoms with Gasteiger partial charge in [-0.15, -0.1) is 11.3 Å². The van der Waals surface area contributed by atoms with Gasteiger partial charge in [0.15, 0.2) is 0 Å². The van der Waals surface area contributed by atoms with Gasteiger partial charge >= 0.3 is 5.69 Å². The third-order valence-electron chi connectivity index (χ3n) is 8.42. The van der Waals surface area contributed by atoms with Crippen molar-refractivity contribution >= 4 is 31.9 Å². The number of hydrogen-bond donors (Lipinski definition) is 1. The minimum Gasteiger partial charge on any atom is -0.496 e. The van der Waals surface area contributed by atoms with Crippen molar-refractivity contribution in [2.24, 2.45) is 5.92 Å². The van der Waals surface area contributed by atoms with Crippen molar-refractivity contribution in [3.63, 3.8) is 0 Å². The van der Waals surface area contributed by atoms with Gasteiger partial charge in [-0.25, -0.2) is 14.8 Å². The minimum atomic E-state index is -0.304. The Labute approximate surface area is 228 Å². The zero-order valence-corrected chi connectivity index (χ0v) is 22.5. The molecular weight excluding hydrogens is 510 g/mol. The molecule has 0 spiro atoms. The number of nitrogens with zero attached hydrogens (tertiary/aromatic N) is 4. The average molecular weight is 540 g/mol. The molecule has 0 saturated carbocycles. The van der Waals surface area contributed by atoms with E-state index >= 15 is 0 Å². The van der Waals surface area contributed by atoms with Crippen LogP contribution in [0.5, 0.6) is 5.75 Å². The van der Waals surface area contributed by atoms with Crippen LogP contribution in [-0.4, -0.2) is 38.8 Å². The van der Waals surface area contributed by atoms with Gasteiger partial charge in [-0.05, 0) is 54.5 Å². The van der Waals surface area contributed by atoms with Crippen LogP contribution >= 0.6 is 11.3 Å². The van der Waals surface area contributed by atoms with Gasteiger partial charge in [-0.2, -0.15) is 0 Å². The Morgan fingerprint density at radius 1 is 1.05 bits per heavy atom. The first-order valence-corrected chi connectivity index (χ1v) is 14.3. The van der Waals surface area contributed by atoms with E-state index in [-0.39, 0.29) is 17.3 Å². The van der Waals surface area contributed by atoms with Gasteiger partial charge in [0.2, 0.25) is 0 Å². The molecule has 4 heterocycles. The lowest BCUT2D eigenvalue weighted by molar-refractivity contribution is 0.370. The van der Waals surface area contributed by atoms with Gasteiger partial charge in [0.25, 0.3) is 5.56 Å². The number of rotatable bonds is 6. The van der Waals surface area contributed by atoms with Crippen molar-refractivity contribution in [2.45, 2.75) is 44.3 Å². The number of benzene rings is 2. The molecule has 2 aliphatic rings. The van der Waals surface area contributed by atoms with E-state index in [1.54, 1.807) is 24.1 Å². The lowest BCUT2D eigenvalue weighted by Gasteiger charge is -2.32. The summed E-state index contributed by atoms with van der Waals surface area (Å²) < 4.78 is 9.31. The molecule has 3 aromatic heterocycles. The van der Waals surface area contributed by atoms with Crippen molar-refractivity contribution in [1.29, 1.82) is 0 Å². The smallest absolute Gasteiger partial charge is 0.331 e. The maximum Gasteiger partial charge on any atom is 0.331 e. The molecule has 8 nitrogen and oxygen atoms in total. The van der Waals surface area contributed by atoms with Gasteiger partial charge in [0.1, 0.15) is 20.8 Å². The SMILES string of the molecule is COc1cccc2c1CC[C@H]1CNC(CCn3c(=O)c4sc5nccnc5c4n(Cc4ccccc4)c3=O)[C@@H]21. The predicted molar refractivity (Wildman–Crippen MR) is 153 cm³/mol. The van der Waals surface area contributed by atoms with E-state index in [0.717, 1.165) is 30.7 Å². The fraction of sp³-hybridized carbons (Fsp3) is 0.333. The highest BCUT2D eigenvalue weighted by Crippen LogP contribution is 2.45. The number of aromatic nitrogens is 4. The summed E-state index contributed by atoms with van der Waals surface area (Å²) in [6, 6.07) is 16.4. The van der Waals surface area contributed by atoms with Gasteiger partial charge in [-0.3, -0.25) is 13.9 Å². The second-order valence-corrected chi connectivity index (χ2v) is 11.5. The summed E-state index contributed by atoms with van der Waals surface area (Å²) in [6.45, 7) is 1.65. The van der Waals surface area contributed by atoms with Crippen molar-refractivity contribution < 1.29 is 4.74 Å². The lowest BCUT2D eigenvalue weighted by Crippen LogP contribution is -2.41. The van der Waals surface area contributed by atoms with Crippen LogP contribution < -0.4 is 21.3 Å². The lowest BCUT2D eigenvalue weighted by atomic mass is 9.73. The second kappa shape index (κ2) is 9.73. The van der Waals surface area contributed by atoms with Crippen molar-refractivity contribution in [2.75, 3.05) is 13.7 Å². The molecule has 1 aliphatic carbocycles. The molecule has 1 N–H and O–H groups in total. The highest BCUT2D eigenvalue weighted by molar-refractivity contribution is 7.25. The molecule has 0 amide bonds. The molecule has 1 aliphatic heterocycles. The zero-order chi connectivity index (χ0) is 26.5. The van der Waals surface area contributed by atoms with Crippen LogP contribution in [0.1, 0.15) is 35.4 Å². The van der Waals surface area contributed by atoms with Crippen LogP contribution in [0.15, 0.2) is 70.5 Å². The highest BCUT2D eigenvalue weighted by atomic mass is 32.1. The van der Waals surface area contributed by atoms with E-state index < -0.39 is 0 Å². The molecule has 3 atom stereocenters. The van der Waals surface area contributed by atoms with Crippen LogP contribution in [0, 0.1) is 5.92 Å². The Morgan fingerprint density at radius 2 is 1.90 bits per heavy atom. The first kappa shape index (κ1) is 24.2. The van der Waals surface area contributed by atoms with Crippen molar-refractivity contribution in [3.05, 3.63) is 98.5 Å². The summed E-state index contributed by atoms with van der Waals surface area (Å²) in [5.41, 5.74) is 4.23. The maximum absolute atomic E-state index is 14.0. The molecule has 9 heteroatoms. The number of thiophene rings is 1. The summed E-state index contributed by atoms with van der Waals surface area (Å²) >= 11 is 1.31. The van der Waals surface area contributed by atoms with Crippen LogP contribution in [-0.2, 0) is 19.5 Å². The average Bonchev–Trinajstić information content (AvgIpc) is 3.57. The normalized spacial score (nSPS) is 20.3. The molecule has 39 heavy (non-hydrogen) atoms. The molecule has 1 saturated heterocycles. The van der Waals surface area contributed by atoms with E-state index in [4.69, 9.17) is 4.74 Å². The second-order valence-electron chi connectivity index (χ2n) is 10.5. The molecule has 0 bridgehead atoms. The summed E-state index contributed by atoms with van der Waals surface area (Å²) in [5.74, 6) is 1.84. The summed E-state index contributed by atoms with van der Waals surface area (Å²) in [6.07, 6.45) is 6.04. The third-order valence-corrected chi connectivity index (χ3v) is 9.48. The molecule has 1 fully saturated rings. The Morgan fingerprint density at radius 3 is 2.74 bits per heavy atom. The summed E-state index contributed by atoms with van der Waals surface area (Å²) in [7, 11) is 1.73. The van der Waals surface area contributed by atoms with Gasteiger partial charge in [-0.1, -0.05) is 42.5 Å². The molecule has 1 unspecified atom stereocenters. The number of nitrogens with one attached hydrogen (secondary N) is 1. The van der Waals surface area contributed by atoms with Crippen LogP contribution in [0.3, 0.4) is 0 Å². The first-order valence-electron chi connectivity index (χ1n) is 13.4. The summed E-state index contributed by atoms with van der Waals surface area (Å²) in [5, 5.41) is 3.72. The van der Waals surface area contributed by atoms with Crippen LogP contribution in [0.2, 0.25) is 0 Å². The van der Waals surface area contributed by atoms with E-state index in [2.05, 4.69) is 27.4 Å².